The number of nitrogens with zero attached hydrogens (tertiary/aromatic N) is 1. The third kappa shape index (κ3) is 4.42. The lowest BCUT2D eigenvalue weighted by Crippen LogP contribution is -2.38. The fourth-order valence-electron chi connectivity index (χ4n) is 4.07. The molecule has 4 rings (SSSR count). The Bertz CT molecular complexity index is 1130. The van der Waals surface area contributed by atoms with Gasteiger partial charge in [-0.3, -0.25) is 9.59 Å². The quantitative estimate of drug-likeness (QED) is 0.650. The van der Waals surface area contributed by atoms with Crippen molar-refractivity contribution in [2.75, 3.05) is 13.2 Å². The SMILES string of the molecule is Cc1cc(C)c2cc(CN(C[C@@H]3CCCO3)C(=O)c3ccc(Cl)cc3)c(=O)[nH]c2c1. The topological polar surface area (TPSA) is 62.4 Å². The Balaban J connectivity index is 1.68. The number of aryl methyl sites for hydroxylation is 2. The Labute approximate surface area is 180 Å². The van der Waals surface area contributed by atoms with Crippen LogP contribution in [0, 0.1) is 13.8 Å². The lowest BCUT2D eigenvalue weighted by Gasteiger charge is -2.25. The Kier molecular flexibility index (Phi) is 5.93. The fraction of sp³-hybridized carbons (Fsp3) is 0.333. The fourth-order valence-corrected chi connectivity index (χ4v) is 4.19. The minimum Gasteiger partial charge on any atom is -0.376 e. The molecule has 1 fully saturated rings. The molecule has 3 aromatic rings. The normalized spacial score (nSPS) is 16.2. The van der Waals surface area contributed by atoms with Gasteiger partial charge in [0.25, 0.3) is 11.5 Å². The monoisotopic (exact) mass is 424 g/mol. The highest BCUT2D eigenvalue weighted by molar-refractivity contribution is 6.30. The second kappa shape index (κ2) is 8.62. The largest absolute Gasteiger partial charge is 0.376 e. The van der Waals surface area contributed by atoms with Gasteiger partial charge in [-0.2, -0.15) is 0 Å². The molecule has 1 aliphatic rings. The first kappa shape index (κ1) is 20.6. The van der Waals surface area contributed by atoms with Gasteiger partial charge in [0.05, 0.1) is 12.6 Å². The third-order valence-corrected chi connectivity index (χ3v) is 5.83. The molecule has 1 aromatic heterocycles. The summed E-state index contributed by atoms with van der Waals surface area (Å²) in [6.45, 7) is 5.42. The molecule has 0 radical (unpaired) electrons. The van der Waals surface area contributed by atoms with Gasteiger partial charge in [0.2, 0.25) is 0 Å². The van der Waals surface area contributed by atoms with Crippen LogP contribution < -0.4 is 5.56 Å². The van der Waals surface area contributed by atoms with Crippen LogP contribution in [0.25, 0.3) is 10.9 Å². The molecule has 1 N–H and O–H groups in total. The van der Waals surface area contributed by atoms with Crippen LogP contribution in [-0.4, -0.2) is 35.0 Å². The number of carbonyl (C=O) groups excluding carboxylic acids is 1. The molecule has 2 aromatic carbocycles. The van der Waals surface area contributed by atoms with Crippen LogP contribution in [0.5, 0.6) is 0 Å². The van der Waals surface area contributed by atoms with E-state index >= 15 is 0 Å². The lowest BCUT2D eigenvalue weighted by molar-refractivity contribution is 0.0506. The van der Waals surface area contributed by atoms with Crippen LogP contribution in [-0.2, 0) is 11.3 Å². The van der Waals surface area contributed by atoms with Gasteiger partial charge in [-0.25, -0.2) is 0 Å². The summed E-state index contributed by atoms with van der Waals surface area (Å²) in [5.74, 6) is -0.137. The van der Waals surface area contributed by atoms with E-state index in [1.165, 1.54) is 0 Å². The Morgan fingerprint density at radius 1 is 1.20 bits per heavy atom. The molecule has 0 bridgehead atoms. The summed E-state index contributed by atoms with van der Waals surface area (Å²) in [6, 6.07) is 12.8. The van der Waals surface area contributed by atoms with Gasteiger partial charge >= 0.3 is 0 Å². The van der Waals surface area contributed by atoms with Crippen LogP contribution in [0.2, 0.25) is 5.02 Å². The first-order chi connectivity index (χ1) is 14.4. The zero-order valence-electron chi connectivity index (χ0n) is 17.2. The summed E-state index contributed by atoms with van der Waals surface area (Å²) in [5.41, 5.74) is 3.94. The molecule has 0 spiro atoms. The number of nitrogens with one attached hydrogen (secondary N) is 1. The zero-order chi connectivity index (χ0) is 21.3. The molecule has 30 heavy (non-hydrogen) atoms. The number of pyridine rings is 1. The maximum absolute atomic E-state index is 13.2. The molecule has 1 amide bonds. The van der Waals surface area contributed by atoms with Gasteiger partial charge in [-0.05, 0) is 74.2 Å². The number of aromatic amines is 1. The maximum atomic E-state index is 13.2. The molecule has 1 aliphatic heterocycles. The summed E-state index contributed by atoms with van der Waals surface area (Å²) in [7, 11) is 0. The number of ether oxygens (including phenoxy) is 1. The number of benzene rings is 2. The van der Waals surface area contributed by atoms with E-state index in [9.17, 15) is 9.59 Å². The number of amides is 1. The smallest absolute Gasteiger partial charge is 0.254 e. The van der Waals surface area contributed by atoms with Gasteiger partial charge < -0.3 is 14.6 Å². The number of hydrogen-bond donors (Lipinski definition) is 1. The number of rotatable bonds is 5. The standard InChI is InChI=1S/C24H25ClN2O3/c1-15-10-16(2)21-12-18(23(28)26-22(21)11-15)13-27(14-20-4-3-9-30-20)24(29)17-5-7-19(25)8-6-17/h5-8,10-12,20H,3-4,9,13-14H2,1-2H3,(H,26,28)/t20-/m0/s1. The van der Waals surface area contributed by atoms with E-state index in [1.54, 1.807) is 29.2 Å². The first-order valence-corrected chi connectivity index (χ1v) is 10.6. The Morgan fingerprint density at radius 2 is 1.97 bits per heavy atom. The van der Waals surface area contributed by atoms with Crippen LogP contribution in [0.15, 0.2) is 47.3 Å². The second-order valence-electron chi connectivity index (χ2n) is 7.99. The van der Waals surface area contributed by atoms with Gasteiger partial charge in [0.15, 0.2) is 0 Å². The molecule has 0 unspecified atom stereocenters. The van der Waals surface area contributed by atoms with Crippen molar-refractivity contribution in [3.8, 4) is 0 Å². The molecule has 156 valence electrons. The van der Waals surface area contributed by atoms with Crippen molar-refractivity contribution in [3.63, 3.8) is 0 Å². The van der Waals surface area contributed by atoms with Crippen molar-refractivity contribution in [1.29, 1.82) is 0 Å². The van der Waals surface area contributed by atoms with Crippen molar-refractivity contribution in [2.24, 2.45) is 0 Å². The highest BCUT2D eigenvalue weighted by atomic mass is 35.5. The molecular weight excluding hydrogens is 400 g/mol. The van der Waals surface area contributed by atoms with Gasteiger partial charge in [0, 0.05) is 40.2 Å². The van der Waals surface area contributed by atoms with Gasteiger partial charge in [-0.15, -0.1) is 0 Å². The van der Waals surface area contributed by atoms with Crippen molar-refractivity contribution in [3.05, 3.63) is 80.1 Å². The van der Waals surface area contributed by atoms with Crippen LogP contribution in [0.4, 0.5) is 0 Å². The average Bonchev–Trinajstić information content (AvgIpc) is 3.21. The summed E-state index contributed by atoms with van der Waals surface area (Å²) < 4.78 is 5.76. The van der Waals surface area contributed by atoms with E-state index in [1.807, 2.05) is 26.0 Å². The molecule has 6 heteroatoms. The van der Waals surface area contributed by atoms with Crippen molar-refractivity contribution in [2.45, 2.75) is 39.3 Å². The van der Waals surface area contributed by atoms with Crippen LogP contribution in [0.1, 0.15) is 39.9 Å². The summed E-state index contributed by atoms with van der Waals surface area (Å²) in [5, 5.41) is 1.57. The van der Waals surface area contributed by atoms with Gasteiger partial charge in [-0.1, -0.05) is 17.7 Å². The van der Waals surface area contributed by atoms with Crippen molar-refractivity contribution >= 4 is 28.4 Å². The minimum atomic E-state index is -0.172. The predicted molar refractivity (Wildman–Crippen MR) is 119 cm³/mol. The predicted octanol–water partition coefficient (Wildman–Crippen LogP) is 4.62. The van der Waals surface area contributed by atoms with E-state index < -0.39 is 0 Å². The maximum Gasteiger partial charge on any atom is 0.254 e. The minimum absolute atomic E-state index is 0.00910. The Morgan fingerprint density at radius 3 is 2.67 bits per heavy atom. The molecule has 0 saturated carbocycles. The number of hydrogen-bond acceptors (Lipinski definition) is 3. The highest BCUT2D eigenvalue weighted by Crippen LogP contribution is 2.21. The molecule has 5 nitrogen and oxygen atoms in total. The van der Waals surface area contributed by atoms with Crippen LogP contribution >= 0.6 is 11.6 Å². The molecule has 0 aliphatic carbocycles. The average molecular weight is 425 g/mol. The number of carbonyl (C=O) groups is 1. The van der Waals surface area contributed by atoms with Crippen molar-refractivity contribution < 1.29 is 9.53 Å². The van der Waals surface area contributed by atoms with Crippen molar-refractivity contribution in [1.82, 2.24) is 9.88 Å². The first-order valence-electron chi connectivity index (χ1n) is 10.2. The van der Waals surface area contributed by atoms with E-state index in [4.69, 9.17) is 16.3 Å². The van der Waals surface area contributed by atoms with Crippen LogP contribution in [0.3, 0.4) is 0 Å². The summed E-state index contributed by atoms with van der Waals surface area (Å²) >= 11 is 5.97. The number of H-pyrrole nitrogens is 1. The van der Waals surface area contributed by atoms with E-state index in [2.05, 4.69) is 11.1 Å². The number of fused-ring (bicyclic) bond motifs is 1. The van der Waals surface area contributed by atoms with E-state index in [0.717, 1.165) is 34.9 Å². The van der Waals surface area contributed by atoms with E-state index in [-0.39, 0.29) is 24.1 Å². The summed E-state index contributed by atoms with van der Waals surface area (Å²) in [6.07, 6.45) is 1.89. The zero-order valence-corrected chi connectivity index (χ0v) is 18.0. The van der Waals surface area contributed by atoms with Gasteiger partial charge in [0.1, 0.15) is 0 Å². The molecule has 2 heterocycles. The highest BCUT2D eigenvalue weighted by Gasteiger charge is 2.24. The third-order valence-electron chi connectivity index (χ3n) is 5.58. The second-order valence-corrected chi connectivity index (χ2v) is 8.43. The number of halogens is 1. The molecule has 1 atom stereocenters. The lowest BCUT2D eigenvalue weighted by atomic mass is 10.0. The molecule has 1 saturated heterocycles. The number of aromatic nitrogens is 1. The van der Waals surface area contributed by atoms with E-state index in [0.29, 0.717) is 29.3 Å². The molecular formula is C24H25ClN2O3. The summed E-state index contributed by atoms with van der Waals surface area (Å²) in [4.78, 5) is 30.7. The Hall–Kier alpha value is -2.63.